The molecule has 140 valence electrons. The third-order valence-electron chi connectivity index (χ3n) is 4.56. The van der Waals surface area contributed by atoms with Gasteiger partial charge in [0, 0.05) is 29.7 Å². The number of aromatic nitrogens is 1. The number of nitrogens with one attached hydrogen (secondary N) is 2. The van der Waals surface area contributed by atoms with Crippen molar-refractivity contribution in [3.05, 3.63) is 71.2 Å². The summed E-state index contributed by atoms with van der Waals surface area (Å²) in [5, 5.41) is 15.2. The quantitative estimate of drug-likeness (QED) is 0.715. The summed E-state index contributed by atoms with van der Waals surface area (Å²) in [6.45, 7) is 1.65. The number of nitriles is 1. The third kappa shape index (κ3) is 3.40. The Hall–Kier alpha value is -3.79. The fraction of sp³-hybridized carbons (Fsp3) is 0.190. The van der Waals surface area contributed by atoms with Crippen LogP contribution in [0.2, 0.25) is 0 Å². The molecule has 2 heterocycles. The summed E-state index contributed by atoms with van der Waals surface area (Å²) in [6, 6.07) is 12.6. The third-order valence-corrected chi connectivity index (χ3v) is 4.56. The second-order valence-electron chi connectivity index (χ2n) is 6.69. The van der Waals surface area contributed by atoms with E-state index in [0.29, 0.717) is 22.9 Å². The molecule has 7 heteroatoms. The van der Waals surface area contributed by atoms with Gasteiger partial charge in [0.05, 0.1) is 0 Å². The zero-order valence-corrected chi connectivity index (χ0v) is 15.2. The van der Waals surface area contributed by atoms with E-state index in [2.05, 4.69) is 16.7 Å². The van der Waals surface area contributed by atoms with Gasteiger partial charge in [-0.2, -0.15) is 5.26 Å². The number of carbonyl (C=O) groups excluding carboxylic acids is 2. The van der Waals surface area contributed by atoms with Gasteiger partial charge < -0.3 is 15.1 Å². The Morgan fingerprint density at radius 3 is 2.43 bits per heavy atom. The highest BCUT2D eigenvalue weighted by atomic mass is 16.4. The Morgan fingerprint density at radius 2 is 1.82 bits per heavy atom. The maximum atomic E-state index is 12.8. The molecule has 1 aromatic carbocycles. The summed E-state index contributed by atoms with van der Waals surface area (Å²) < 4.78 is 7.31. The molecule has 7 nitrogen and oxygen atoms in total. The van der Waals surface area contributed by atoms with Gasteiger partial charge in [0.2, 0.25) is 5.88 Å². The van der Waals surface area contributed by atoms with Crippen molar-refractivity contribution in [1.82, 2.24) is 9.88 Å². The van der Waals surface area contributed by atoms with Crippen LogP contribution in [0.4, 0.5) is 5.69 Å². The summed E-state index contributed by atoms with van der Waals surface area (Å²) in [5.74, 6) is 0.112. The first-order valence-corrected chi connectivity index (χ1v) is 8.96. The molecule has 0 atom stereocenters. The number of nitrogens with zero attached hydrogens (tertiary/aromatic N) is 2. The van der Waals surface area contributed by atoms with Crippen LogP contribution in [0.1, 0.15) is 44.9 Å². The highest BCUT2D eigenvalue weighted by Crippen LogP contribution is 2.26. The number of aryl methyl sites for hydroxylation is 1. The standard InChI is InChI=1S/C21H18N4O3/c1-13-18(17(12-22)21(28-13)25-10-2-3-11-25)20(27)24-15-6-4-14(5-7-15)19(26)23-16-8-9-16/h2-7,10-11,16H,8-9H2,1H3,(H,23,26)(H,24,27). The number of anilines is 1. The van der Waals surface area contributed by atoms with Gasteiger partial charge >= 0.3 is 0 Å². The maximum Gasteiger partial charge on any atom is 0.260 e. The van der Waals surface area contributed by atoms with Gasteiger partial charge in [0.1, 0.15) is 23.0 Å². The maximum absolute atomic E-state index is 12.8. The lowest BCUT2D eigenvalue weighted by molar-refractivity contribution is 0.0950. The molecular formula is C21H18N4O3. The highest BCUT2D eigenvalue weighted by Gasteiger charge is 2.25. The van der Waals surface area contributed by atoms with Gasteiger partial charge in [-0.15, -0.1) is 0 Å². The molecule has 2 N–H and O–H groups in total. The zero-order chi connectivity index (χ0) is 19.7. The van der Waals surface area contributed by atoms with Crippen molar-refractivity contribution in [2.45, 2.75) is 25.8 Å². The fourth-order valence-corrected chi connectivity index (χ4v) is 2.95. The van der Waals surface area contributed by atoms with Crippen molar-refractivity contribution in [3.63, 3.8) is 0 Å². The van der Waals surface area contributed by atoms with Crippen LogP contribution in [0.3, 0.4) is 0 Å². The van der Waals surface area contributed by atoms with Crippen molar-refractivity contribution < 1.29 is 14.0 Å². The van der Waals surface area contributed by atoms with Gasteiger partial charge in [-0.3, -0.25) is 14.2 Å². The Bertz CT molecular complexity index is 1070. The van der Waals surface area contributed by atoms with E-state index in [4.69, 9.17) is 4.42 Å². The number of amides is 2. The average molecular weight is 374 g/mol. The van der Waals surface area contributed by atoms with E-state index in [1.807, 2.05) is 0 Å². The SMILES string of the molecule is Cc1oc(-n2cccc2)c(C#N)c1C(=O)Nc1ccc(C(=O)NC2CC2)cc1. The molecule has 0 bridgehead atoms. The molecule has 0 radical (unpaired) electrons. The van der Waals surface area contributed by atoms with Crippen molar-refractivity contribution in [3.8, 4) is 12.0 Å². The van der Waals surface area contributed by atoms with Crippen LogP contribution in [0.25, 0.3) is 5.88 Å². The van der Waals surface area contributed by atoms with Gasteiger partial charge in [-0.05, 0) is 56.2 Å². The molecule has 1 saturated carbocycles. The molecule has 1 aliphatic rings. The van der Waals surface area contributed by atoms with E-state index >= 15 is 0 Å². The van der Waals surface area contributed by atoms with Crippen LogP contribution < -0.4 is 10.6 Å². The van der Waals surface area contributed by atoms with Gasteiger partial charge in [-0.25, -0.2) is 0 Å². The summed E-state index contributed by atoms with van der Waals surface area (Å²) >= 11 is 0. The molecule has 2 aromatic heterocycles. The van der Waals surface area contributed by atoms with E-state index in [0.717, 1.165) is 12.8 Å². The van der Waals surface area contributed by atoms with Crippen LogP contribution in [-0.2, 0) is 0 Å². The van der Waals surface area contributed by atoms with Crippen molar-refractivity contribution in [2.24, 2.45) is 0 Å². The number of rotatable bonds is 5. The topological polar surface area (TPSA) is 100 Å². The van der Waals surface area contributed by atoms with E-state index in [1.165, 1.54) is 0 Å². The molecule has 4 rings (SSSR count). The van der Waals surface area contributed by atoms with Crippen LogP contribution in [0.5, 0.6) is 0 Å². The summed E-state index contributed by atoms with van der Waals surface area (Å²) in [6.07, 6.45) is 5.53. The first kappa shape index (κ1) is 17.6. The minimum atomic E-state index is -0.439. The predicted molar refractivity (Wildman–Crippen MR) is 102 cm³/mol. The van der Waals surface area contributed by atoms with E-state index < -0.39 is 5.91 Å². The number of hydrogen-bond donors (Lipinski definition) is 2. The predicted octanol–water partition coefficient (Wildman–Crippen LogP) is 3.39. The van der Waals surface area contributed by atoms with Crippen molar-refractivity contribution in [2.75, 3.05) is 5.32 Å². The molecule has 0 spiro atoms. The summed E-state index contributed by atoms with van der Waals surface area (Å²) in [5.41, 5.74) is 1.44. The van der Waals surface area contributed by atoms with Gasteiger partial charge in [-0.1, -0.05) is 0 Å². The van der Waals surface area contributed by atoms with Gasteiger partial charge in [0.15, 0.2) is 0 Å². The Kier molecular flexibility index (Phi) is 4.45. The fourth-order valence-electron chi connectivity index (χ4n) is 2.95. The average Bonchev–Trinajstić information content (AvgIpc) is 3.20. The molecule has 1 fully saturated rings. The van der Waals surface area contributed by atoms with Crippen LogP contribution in [-0.4, -0.2) is 22.4 Å². The number of hydrogen-bond acceptors (Lipinski definition) is 4. The second-order valence-corrected chi connectivity index (χ2v) is 6.69. The molecule has 2 amide bonds. The first-order valence-electron chi connectivity index (χ1n) is 8.96. The molecular weight excluding hydrogens is 356 g/mol. The van der Waals surface area contributed by atoms with E-state index in [1.54, 1.807) is 60.3 Å². The smallest absolute Gasteiger partial charge is 0.260 e. The molecule has 0 aliphatic heterocycles. The van der Waals surface area contributed by atoms with E-state index in [-0.39, 0.29) is 23.1 Å². The van der Waals surface area contributed by atoms with Crippen molar-refractivity contribution in [1.29, 1.82) is 5.26 Å². The Morgan fingerprint density at radius 1 is 1.14 bits per heavy atom. The van der Waals surface area contributed by atoms with Crippen LogP contribution in [0.15, 0.2) is 53.2 Å². The lowest BCUT2D eigenvalue weighted by atomic mass is 10.1. The molecule has 3 aromatic rings. The van der Waals surface area contributed by atoms with E-state index in [9.17, 15) is 14.9 Å². The highest BCUT2D eigenvalue weighted by molar-refractivity contribution is 6.07. The minimum Gasteiger partial charge on any atom is -0.443 e. The first-order chi connectivity index (χ1) is 13.6. The molecule has 1 aliphatic carbocycles. The van der Waals surface area contributed by atoms with Gasteiger partial charge in [0.25, 0.3) is 11.8 Å². The number of benzene rings is 1. The minimum absolute atomic E-state index is 0.116. The lowest BCUT2D eigenvalue weighted by Crippen LogP contribution is -2.25. The summed E-state index contributed by atoms with van der Waals surface area (Å²) in [4.78, 5) is 24.8. The zero-order valence-electron chi connectivity index (χ0n) is 15.2. The lowest BCUT2D eigenvalue weighted by Gasteiger charge is -2.07. The second kappa shape index (κ2) is 7.08. The number of furan rings is 1. The normalized spacial score (nSPS) is 13.0. The van der Waals surface area contributed by atoms with Crippen LogP contribution >= 0.6 is 0 Å². The van der Waals surface area contributed by atoms with Crippen LogP contribution in [0, 0.1) is 18.3 Å². The Balaban J connectivity index is 1.54. The summed E-state index contributed by atoms with van der Waals surface area (Å²) in [7, 11) is 0. The molecule has 28 heavy (non-hydrogen) atoms. The monoisotopic (exact) mass is 374 g/mol. The molecule has 0 unspecified atom stereocenters. The number of carbonyl (C=O) groups is 2. The molecule has 0 saturated heterocycles. The Labute approximate surface area is 161 Å². The largest absolute Gasteiger partial charge is 0.443 e. The van der Waals surface area contributed by atoms with Crippen molar-refractivity contribution >= 4 is 17.5 Å².